The maximum atomic E-state index is 12.6. The molecule has 0 aromatic heterocycles. The molecule has 0 N–H and O–H groups in total. The van der Waals surface area contributed by atoms with Crippen LogP contribution < -0.4 is 0 Å². The molecule has 0 aromatic rings. The Bertz CT molecular complexity index is 141. The van der Waals surface area contributed by atoms with Crippen LogP contribution >= 0.6 is 0 Å². The Balaban J connectivity index is 2.11. The highest BCUT2D eigenvalue weighted by Gasteiger charge is 2.37. The van der Waals surface area contributed by atoms with E-state index in [4.69, 9.17) is 4.74 Å². The minimum Gasteiger partial charge on any atom is -0.380 e. The van der Waals surface area contributed by atoms with E-state index in [1.165, 1.54) is 0 Å². The van der Waals surface area contributed by atoms with E-state index in [1.54, 1.807) is 4.90 Å². The molecule has 0 spiro atoms. The maximum Gasteiger partial charge on any atom is 0.261 e. The van der Waals surface area contributed by atoms with E-state index < -0.39 is 5.92 Å². The van der Waals surface area contributed by atoms with E-state index in [2.05, 4.69) is 0 Å². The highest BCUT2D eigenvalue weighted by atomic mass is 19.3. The summed E-state index contributed by atoms with van der Waals surface area (Å²) in [6.45, 7) is 4.15. The third-order valence-corrected chi connectivity index (χ3v) is 2.00. The summed E-state index contributed by atoms with van der Waals surface area (Å²) in [6, 6.07) is 0. The van der Waals surface area contributed by atoms with E-state index in [-0.39, 0.29) is 13.0 Å². The minimum atomic E-state index is -2.47. The van der Waals surface area contributed by atoms with E-state index in [1.807, 2.05) is 6.92 Å². The van der Waals surface area contributed by atoms with Gasteiger partial charge in [0.1, 0.15) is 0 Å². The van der Waals surface area contributed by atoms with Crippen molar-refractivity contribution < 1.29 is 13.5 Å². The molecule has 0 bridgehead atoms. The van der Waals surface area contributed by atoms with Gasteiger partial charge in [-0.05, 0) is 6.92 Å². The second kappa shape index (κ2) is 4.14. The number of hydrogen-bond acceptors (Lipinski definition) is 2. The van der Waals surface area contributed by atoms with E-state index in [0.29, 0.717) is 26.3 Å². The van der Waals surface area contributed by atoms with Gasteiger partial charge in [-0.15, -0.1) is 0 Å². The number of hydrogen-bond donors (Lipinski definition) is 0. The van der Waals surface area contributed by atoms with E-state index in [0.717, 1.165) is 0 Å². The summed E-state index contributed by atoms with van der Waals surface area (Å²) < 4.78 is 30.3. The highest BCUT2D eigenvalue weighted by Crippen LogP contribution is 2.26. The SMILES string of the molecule is CCOCCN1CCC(F)(F)C1. The average Bonchev–Trinajstić information content (AvgIpc) is 2.31. The zero-order valence-corrected chi connectivity index (χ0v) is 7.35. The Morgan fingerprint density at radius 2 is 2.25 bits per heavy atom. The quantitative estimate of drug-likeness (QED) is 0.604. The zero-order valence-electron chi connectivity index (χ0n) is 7.35. The normalized spacial score (nSPS) is 23.2. The van der Waals surface area contributed by atoms with Crippen LogP contribution in [0.4, 0.5) is 8.78 Å². The van der Waals surface area contributed by atoms with Crippen molar-refractivity contribution in [1.29, 1.82) is 0 Å². The summed E-state index contributed by atoms with van der Waals surface area (Å²) in [4.78, 5) is 1.75. The smallest absolute Gasteiger partial charge is 0.261 e. The van der Waals surface area contributed by atoms with Gasteiger partial charge >= 0.3 is 0 Å². The number of nitrogens with zero attached hydrogens (tertiary/aromatic N) is 1. The number of rotatable bonds is 4. The van der Waals surface area contributed by atoms with Crippen molar-refractivity contribution in [1.82, 2.24) is 4.90 Å². The lowest BCUT2D eigenvalue weighted by Gasteiger charge is -2.14. The lowest BCUT2D eigenvalue weighted by molar-refractivity contribution is 0.00930. The molecular formula is C8H15F2NO. The second-order valence-corrected chi connectivity index (χ2v) is 3.08. The van der Waals surface area contributed by atoms with Gasteiger partial charge in [0.25, 0.3) is 5.92 Å². The van der Waals surface area contributed by atoms with E-state index in [9.17, 15) is 8.78 Å². The zero-order chi connectivity index (χ0) is 9.03. The molecule has 0 aliphatic carbocycles. The van der Waals surface area contributed by atoms with Gasteiger partial charge in [-0.1, -0.05) is 0 Å². The van der Waals surface area contributed by atoms with Crippen LogP contribution in [-0.4, -0.2) is 43.7 Å². The first-order valence-corrected chi connectivity index (χ1v) is 4.32. The average molecular weight is 179 g/mol. The van der Waals surface area contributed by atoms with Crippen LogP contribution in [0.1, 0.15) is 13.3 Å². The Morgan fingerprint density at radius 3 is 2.75 bits per heavy atom. The molecular weight excluding hydrogens is 164 g/mol. The third-order valence-electron chi connectivity index (χ3n) is 2.00. The largest absolute Gasteiger partial charge is 0.380 e. The van der Waals surface area contributed by atoms with Crippen LogP contribution in [0, 0.1) is 0 Å². The van der Waals surface area contributed by atoms with Crippen molar-refractivity contribution in [3.63, 3.8) is 0 Å². The second-order valence-electron chi connectivity index (χ2n) is 3.08. The summed E-state index contributed by atoms with van der Waals surface area (Å²) in [5.41, 5.74) is 0. The topological polar surface area (TPSA) is 12.5 Å². The van der Waals surface area contributed by atoms with Crippen molar-refractivity contribution in [2.24, 2.45) is 0 Å². The molecule has 0 aromatic carbocycles. The van der Waals surface area contributed by atoms with Crippen LogP contribution in [-0.2, 0) is 4.74 Å². The Hall–Kier alpha value is -0.220. The van der Waals surface area contributed by atoms with Crippen molar-refractivity contribution >= 4 is 0 Å². The van der Waals surface area contributed by atoms with Gasteiger partial charge in [-0.25, -0.2) is 8.78 Å². The van der Waals surface area contributed by atoms with Gasteiger partial charge in [0.15, 0.2) is 0 Å². The molecule has 0 radical (unpaired) electrons. The first-order chi connectivity index (χ1) is 5.64. The molecule has 1 rings (SSSR count). The molecule has 1 fully saturated rings. The van der Waals surface area contributed by atoms with Gasteiger partial charge < -0.3 is 4.74 Å². The molecule has 12 heavy (non-hydrogen) atoms. The van der Waals surface area contributed by atoms with Crippen LogP contribution in [0.2, 0.25) is 0 Å². The fourth-order valence-corrected chi connectivity index (χ4v) is 1.34. The maximum absolute atomic E-state index is 12.6. The molecule has 72 valence electrons. The van der Waals surface area contributed by atoms with Gasteiger partial charge in [0.2, 0.25) is 0 Å². The van der Waals surface area contributed by atoms with Crippen LogP contribution in [0.15, 0.2) is 0 Å². The summed E-state index contributed by atoms with van der Waals surface area (Å²) >= 11 is 0. The van der Waals surface area contributed by atoms with Crippen molar-refractivity contribution in [2.75, 3.05) is 32.8 Å². The summed E-state index contributed by atoms with van der Waals surface area (Å²) in [7, 11) is 0. The van der Waals surface area contributed by atoms with Gasteiger partial charge in [0.05, 0.1) is 13.2 Å². The fourth-order valence-electron chi connectivity index (χ4n) is 1.34. The summed E-state index contributed by atoms with van der Waals surface area (Å²) in [5, 5.41) is 0. The summed E-state index contributed by atoms with van der Waals surface area (Å²) in [5.74, 6) is -2.47. The number of likely N-dealkylation sites (tertiary alicyclic amines) is 1. The minimum absolute atomic E-state index is 0.000868. The molecule has 2 nitrogen and oxygen atoms in total. The number of ether oxygens (including phenoxy) is 1. The lowest BCUT2D eigenvalue weighted by Crippen LogP contribution is -2.28. The molecule has 1 heterocycles. The predicted octanol–water partition coefficient (Wildman–Crippen LogP) is 1.36. The van der Waals surface area contributed by atoms with Gasteiger partial charge in [0, 0.05) is 26.1 Å². The monoisotopic (exact) mass is 179 g/mol. The standard InChI is InChI=1S/C8H15F2NO/c1-2-12-6-5-11-4-3-8(9,10)7-11/h2-7H2,1H3. The molecule has 0 amide bonds. The van der Waals surface area contributed by atoms with E-state index >= 15 is 0 Å². The van der Waals surface area contributed by atoms with Gasteiger partial charge in [-0.3, -0.25) is 4.90 Å². The third kappa shape index (κ3) is 3.03. The van der Waals surface area contributed by atoms with Crippen molar-refractivity contribution in [3.8, 4) is 0 Å². The molecule has 1 saturated heterocycles. The van der Waals surface area contributed by atoms with Crippen molar-refractivity contribution in [2.45, 2.75) is 19.3 Å². The molecule has 0 unspecified atom stereocenters. The Morgan fingerprint density at radius 1 is 1.50 bits per heavy atom. The predicted molar refractivity (Wildman–Crippen MR) is 42.5 cm³/mol. The van der Waals surface area contributed by atoms with Crippen molar-refractivity contribution in [3.05, 3.63) is 0 Å². The first-order valence-electron chi connectivity index (χ1n) is 4.32. The number of alkyl halides is 2. The lowest BCUT2D eigenvalue weighted by atomic mass is 10.3. The van der Waals surface area contributed by atoms with Crippen LogP contribution in [0.3, 0.4) is 0 Å². The number of halogens is 2. The Labute approximate surface area is 71.5 Å². The molecule has 4 heteroatoms. The molecule has 0 atom stereocenters. The van der Waals surface area contributed by atoms with Gasteiger partial charge in [-0.2, -0.15) is 0 Å². The first kappa shape index (κ1) is 9.86. The molecule has 0 saturated carbocycles. The van der Waals surface area contributed by atoms with Crippen LogP contribution in [0.25, 0.3) is 0 Å². The molecule has 1 aliphatic heterocycles. The van der Waals surface area contributed by atoms with Crippen LogP contribution in [0.5, 0.6) is 0 Å². The Kier molecular flexibility index (Phi) is 3.40. The highest BCUT2D eigenvalue weighted by molar-refractivity contribution is 4.81. The molecule has 1 aliphatic rings. The fraction of sp³-hybridized carbons (Fsp3) is 1.00. The summed E-state index contributed by atoms with van der Waals surface area (Å²) in [6.07, 6.45) is -0.000868.